The van der Waals surface area contributed by atoms with Crippen LogP contribution in [0.3, 0.4) is 0 Å². The quantitative estimate of drug-likeness (QED) is 0.816. The molecule has 0 aliphatic carbocycles. The molecular formula is C13H16N2O2. The predicted octanol–water partition coefficient (Wildman–Crippen LogP) is 0.705. The first kappa shape index (κ1) is 11.8. The molecule has 1 heterocycles. The van der Waals surface area contributed by atoms with E-state index in [1.54, 1.807) is 0 Å². The molecule has 0 aromatic heterocycles. The van der Waals surface area contributed by atoms with E-state index in [0.717, 1.165) is 5.56 Å². The molecule has 1 fully saturated rings. The second-order valence-corrected chi connectivity index (χ2v) is 4.35. The number of piperidine rings is 1. The van der Waals surface area contributed by atoms with E-state index in [1.807, 2.05) is 30.3 Å². The van der Waals surface area contributed by atoms with Crippen molar-refractivity contribution in [3.05, 3.63) is 35.9 Å². The first-order chi connectivity index (χ1) is 8.16. The van der Waals surface area contributed by atoms with Crippen molar-refractivity contribution in [2.75, 3.05) is 6.54 Å². The molecule has 1 unspecified atom stereocenters. The monoisotopic (exact) mass is 232 g/mol. The zero-order valence-electron chi connectivity index (χ0n) is 9.63. The Morgan fingerprint density at radius 1 is 1.35 bits per heavy atom. The van der Waals surface area contributed by atoms with Gasteiger partial charge in [0.1, 0.15) is 0 Å². The molecule has 1 aliphatic rings. The van der Waals surface area contributed by atoms with Crippen LogP contribution in [-0.4, -0.2) is 29.3 Å². The minimum Gasteiger partial charge on any atom is -0.327 e. The van der Waals surface area contributed by atoms with Crippen LogP contribution in [0.25, 0.3) is 0 Å². The molecule has 0 saturated carbocycles. The maximum Gasteiger partial charge on any atom is 0.233 e. The zero-order chi connectivity index (χ0) is 12.3. The number of carbonyl (C=O) groups excluding carboxylic acids is 2. The number of imide groups is 1. The summed E-state index contributed by atoms with van der Waals surface area (Å²) >= 11 is 0. The van der Waals surface area contributed by atoms with Crippen LogP contribution in [0.2, 0.25) is 0 Å². The fourth-order valence-electron chi connectivity index (χ4n) is 1.99. The fraction of sp³-hybridized carbons (Fsp3) is 0.385. The van der Waals surface area contributed by atoms with E-state index >= 15 is 0 Å². The molecule has 1 aromatic rings. The Hall–Kier alpha value is -1.68. The Kier molecular flexibility index (Phi) is 3.54. The Balaban J connectivity index is 1.99. The van der Waals surface area contributed by atoms with E-state index in [-0.39, 0.29) is 30.7 Å². The van der Waals surface area contributed by atoms with Crippen molar-refractivity contribution >= 4 is 11.8 Å². The third-order valence-electron chi connectivity index (χ3n) is 2.96. The van der Waals surface area contributed by atoms with Crippen molar-refractivity contribution < 1.29 is 9.59 Å². The normalized spacial score (nSPS) is 20.4. The highest BCUT2D eigenvalue weighted by Crippen LogP contribution is 2.12. The molecule has 2 rings (SSSR count). The molecule has 4 nitrogen and oxygen atoms in total. The van der Waals surface area contributed by atoms with Crippen LogP contribution < -0.4 is 5.73 Å². The van der Waals surface area contributed by atoms with Crippen molar-refractivity contribution in [3.8, 4) is 0 Å². The molecule has 90 valence electrons. The smallest absolute Gasteiger partial charge is 0.233 e. The van der Waals surface area contributed by atoms with Crippen LogP contribution in [-0.2, 0) is 16.0 Å². The summed E-state index contributed by atoms with van der Waals surface area (Å²) in [5.74, 6) is -0.280. The van der Waals surface area contributed by atoms with Gasteiger partial charge < -0.3 is 5.73 Å². The second kappa shape index (κ2) is 5.10. The van der Waals surface area contributed by atoms with E-state index in [2.05, 4.69) is 0 Å². The Morgan fingerprint density at radius 2 is 2.06 bits per heavy atom. The molecule has 0 bridgehead atoms. The largest absolute Gasteiger partial charge is 0.327 e. The molecule has 1 saturated heterocycles. The molecule has 1 aliphatic heterocycles. The summed E-state index contributed by atoms with van der Waals surface area (Å²) < 4.78 is 0. The van der Waals surface area contributed by atoms with Crippen molar-refractivity contribution in [3.63, 3.8) is 0 Å². The molecule has 0 spiro atoms. The lowest BCUT2D eigenvalue weighted by Crippen LogP contribution is -2.47. The summed E-state index contributed by atoms with van der Waals surface area (Å²) in [5, 5.41) is 0. The third kappa shape index (κ3) is 2.91. The summed E-state index contributed by atoms with van der Waals surface area (Å²) in [6.07, 6.45) is 1.26. The van der Waals surface area contributed by atoms with Gasteiger partial charge in [-0.25, -0.2) is 0 Å². The van der Waals surface area contributed by atoms with E-state index in [0.29, 0.717) is 13.0 Å². The topological polar surface area (TPSA) is 63.4 Å². The van der Waals surface area contributed by atoms with Gasteiger partial charge in [0.25, 0.3) is 0 Å². The number of rotatable bonds is 2. The van der Waals surface area contributed by atoms with Crippen LogP contribution in [0.4, 0.5) is 0 Å². The summed E-state index contributed by atoms with van der Waals surface area (Å²) in [6.45, 7) is 0.450. The zero-order valence-corrected chi connectivity index (χ0v) is 9.63. The van der Waals surface area contributed by atoms with Crippen molar-refractivity contribution in [1.29, 1.82) is 0 Å². The van der Waals surface area contributed by atoms with Gasteiger partial charge in [0.05, 0.1) is 6.42 Å². The van der Waals surface area contributed by atoms with Crippen LogP contribution in [0.5, 0.6) is 0 Å². The maximum atomic E-state index is 11.9. The lowest BCUT2D eigenvalue weighted by Gasteiger charge is -2.28. The Bertz CT molecular complexity index is 417. The highest BCUT2D eigenvalue weighted by Gasteiger charge is 2.27. The number of amides is 2. The first-order valence-corrected chi connectivity index (χ1v) is 5.79. The van der Waals surface area contributed by atoms with Gasteiger partial charge in [-0.1, -0.05) is 30.3 Å². The van der Waals surface area contributed by atoms with Gasteiger partial charge in [-0.3, -0.25) is 14.5 Å². The first-order valence-electron chi connectivity index (χ1n) is 5.79. The fourth-order valence-corrected chi connectivity index (χ4v) is 1.99. The molecule has 2 amide bonds. The van der Waals surface area contributed by atoms with E-state index < -0.39 is 0 Å². The van der Waals surface area contributed by atoms with Gasteiger partial charge in [-0.15, -0.1) is 0 Å². The van der Waals surface area contributed by atoms with Crippen molar-refractivity contribution in [1.82, 2.24) is 4.90 Å². The molecule has 0 radical (unpaired) electrons. The maximum absolute atomic E-state index is 11.9. The number of benzene rings is 1. The van der Waals surface area contributed by atoms with Crippen LogP contribution in [0.15, 0.2) is 30.3 Å². The SMILES string of the molecule is NC1CCN(C(=O)Cc2ccccc2)C(=O)C1. The third-order valence-corrected chi connectivity index (χ3v) is 2.96. The predicted molar refractivity (Wildman–Crippen MR) is 64.1 cm³/mol. The number of nitrogens with two attached hydrogens (primary N) is 1. The van der Waals surface area contributed by atoms with E-state index in [9.17, 15) is 9.59 Å². The molecular weight excluding hydrogens is 216 g/mol. The van der Waals surface area contributed by atoms with Crippen LogP contribution in [0.1, 0.15) is 18.4 Å². The molecule has 17 heavy (non-hydrogen) atoms. The van der Waals surface area contributed by atoms with Gasteiger partial charge in [0.15, 0.2) is 0 Å². The molecule has 1 aromatic carbocycles. The number of hydrogen-bond acceptors (Lipinski definition) is 3. The van der Waals surface area contributed by atoms with Crippen LogP contribution in [0, 0.1) is 0 Å². The van der Waals surface area contributed by atoms with Crippen molar-refractivity contribution in [2.24, 2.45) is 5.73 Å². The minimum absolute atomic E-state index is 0.0942. The average molecular weight is 232 g/mol. The van der Waals surface area contributed by atoms with E-state index in [1.165, 1.54) is 4.90 Å². The number of hydrogen-bond donors (Lipinski definition) is 1. The lowest BCUT2D eigenvalue weighted by atomic mass is 10.0. The molecule has 2 N–H and O–H groups in total. The summed E-state index contributed by atoms with van der Waals surface area (Å²) in [7, 11) is 0. The molecule has 4 heteroatoms. The molecule has 1 atom stereocenters. The summed E-state index contributed by atoms with van der Waals surface area (Å²) in [4.78, 5) is 24.9. The van der Waals surface area contributed by atoms with Gasteiger partial charge in [-0.2, -0.15) is 0 Å². The van der Waals surface area contributed by atoms with Crippen molar-refractivity contribution in [2.45, 2.75) is 25.3 Å². The standard InChI is InChI=1S/C13H16N2O2/c14-11-6-7-15(13(17)9-11)12(16)8-10-4-2-1-3-5-10/h1-5,11H,6-9,14H2. The van der Waals surface area contributed by atoms with Gasteiger partial charge in [0, 0.05) is 19.0 Å². The summed E-state index contributed by atoms with van der Waals surface area (Å²) in [6, 6.07) is 9.35. The summed E-state index contributed by atoms with van der Waals surface area (Å²) in [5.41, 5.74) is 6.61. The highest BCUT2D eigenvalue weighted by atomic mass is 16.2. The number of carbonyl (C=O) groups is 2. The van der Waals surface area contributed by atoms with Gasteiger partial charge >= 0.3 is 0 Å². The highest BCUT2D eigenvalue weighted by molar-refractivity contribution is 5.96. The minimum atomic E-state index is -0.148. The second-order valence-electron chi connectivity index (χ2n) is 4.35. The number of likely N-dealkylation sites (tertiary alicyclic amines) is 1. The lowest BCUT2D eigenvalue weighted by molar-refractivity contribution is -0.146. The van der Waals surface area contributed by atoms with Crippen LogP contribution >= 0.6 is 0 Å². The Labute approximate surface area is 100 Å². The Morgan fingerprint density at radius 3 is 2.71 bits per heavy atom. The average Bonchev–Trinajstić information content (AvgIpc) is 2.30. The number of nitrogens with zero attached hydrogens (tertiary/aromatic N) is 1. The van der Waals surface area contributed by atoms with Gasteiger partial charge in [-0.05, 0) is 12.0 Å². The van der Waals surface area contributed by atoms with Gasteiger partial charge in [0.2, 0.25) is 11.8 Å². The van der Waals surface area contributed by atoms with E-state index in [4.69, 9.17) is 5.73 Å².